The van der Waals surface area contributed by atoms with Crippen LogP contribution in [-0.2, 0) is 4.74 Å². The summed E-state index contributed by atoms with van der Waals surface area (Å²) in [4.78, 5) is 4.11. The van der Waals surface area contributed by atoms with Gasteiger partial charge in [0.2, 0.25) is 0 Å². The van der Waals surface area contributed by atoms with E-state index in [2.05, 4.69) is 20.9 Å². The fourth-order valence-electron chi connectivity index (χ4n) is 1.36. The Bertz CT molecular complexity index is 365. The van der Waals surface area contributed by atoms with E-state index < -0.39 is 6.10 Å². The average molecular weight is 256 g/mol. The second kappa shape index (κ2) is 4.11. The minimum absolute atomic E-state index is 0.598. The molecule has 0 saturated carbocycles. The van der Waals surface area contributed by atoms with Crippen molar-refractivity contribution in [2.75, 3.05) is 6.61 Å². The van der Waals surface area contributed by atoms with Gasteiger partial charge in [0.15, 0.2) is 6.10 Å². The number of hydrogen-bond donors (Lipinski definition) is 1. The Morgan fingerprint density at radius 2 is 2.43 bits per heavy atom. The number of nitrogens with zero attached hydrogens (tertiary/aromatic N) is 1. The normalized spacial score (nSPS) is 17.4. The van der Waals surface area contributed by atoms with Gasteiger partial charge in [-0.05, 0) is 34.1 Å². The molecule has 1 aromatic rings. The molecule has 1 atom stereocenters. The van der Waals surface area contributed by atoms with Gasteiger partial charge in [0.05, 0.1) is 12.3 Å². The molecule has 2 heterocycles. The molecular weight excluding hydrogens is 246 g/mol. The van der Waals surface area contributed by atoms with Crippen molar-refractivity contribution in [3.05, 3.63) is 40.3 Å². The average Bonchev–Trinajstić information content (AvgIpc) is 2.70. The van der Waals surface area contributed by atoms with Gasteiger partial charge in [-0.3, -0.25) is 4.98 Å². The Morgan fingerprint density at radius 1 is 1.57 bits per heavy atom. The number of aliphatic hydroxyl groups excluding tert-OH is 1. The lowest BCUT2D eigenvalue weighted by atomic mass is 10.2. The van der Waals surface area contributed by atoms with Crippen LogP contribution in [0.25, 0.3) is 0 Å². The third kappa shape index (κ3) is 1.81. The van der Waals surface area contributed by atoms with Crippen molar-refractivity contribution in [3.8, 4) is 0 Å². The maximum atomic E-state index is 9.92. The molecule has 1 aliphatic rings. The highest BCUT2D eigenvalue weighted by molar-refractivity contribution is 9.10. The van der Waals surface area contributed by atoms with E-state index in [0.29, 0.717) is 18.1 Å². The first kappa shape index (κ1) is 9.68. The van der Waals surface area contributed by atoms with Gasteiger partial charge in [0.25, 0.3) is 0 Å². The highest BCUT2D eigenvalue weighted by atomic mass is 79.9. The van der Waals surface area contributed by atoms with E-state index >= 15 is 0 Å². The minimum Gasteiger partial charge on any atom is -0.495 e. The van der Waals surface area contributed by atoms with Crippen LogP contribution >= 0.6 is 15.9 Å². The van der Waals surface area contributed by atoms with E-state index in [1.54, 1.807) is 6.20 Å². The molecule has 1 unspecified atom stereocenters. The Labute approximate surface area is 90.6 Å². The van der Waals surface area contributed by atoms with Crippen molar-refractivity contribution in [2.24, 2.45) is 0 Å². The van der Waals surface area contributed by atoms with Crippen LogP contribution in [-0.4, -0.2) is 16.7 Å². The van der Waals surface area contributed by atoms with E-state index in [0.717, 1.165) is 10.9 Å². The molecule has 1 aromatic heterocycles. The third-order valence-electron chi connectivity index (χ3n) is 2.05. The molecule has 0 aromatic carbocycles. The van der Waals surface area contributed by atoms with Crippen molar-refractivity contribution in [1.82, 2.24) is 4.98 Å². The highest BCUT2D eigenvalue weighted by Gasteiger charge is 2.20. The van der Waals surface area contributed by atoms with Crippen molar-refractivity contribution in [2.45, 2.75) is 12.5 Å². The Kier molecular flexibility index (Phi) is 2.84. The standard InChI is InChI=1S/C10H10BrNO2/c11-7-3-1-5-12-9(7)10(13)8-4-2-6-14-8/h1,3-5,10,13H,2,6H2. The first-order valence-corrected chi connectivity index (χ1v) is 5.19. The smallest absolute Gasteiger partial charge is 0.154 e. The first-order chi connectivity index (χ1) is 6.79. The molecule has 74 valence electrons. The summed E-state index contributed by atoms with van der Waals surface area (Å²) >= 11 is 3.34. The quantitative estimate of drug-likeness (QED) is 0.881. The molecule has 0 saturated heterocycles. The number of rotatable bonds is 2. The molecule has 1 N–H and O–H groups in total. The largest absolute Gasteiger partial charge is 0.495 e. The fourth-order valence-corrected chi connectivity index (χ4v) is 1.83. The van der Waals surface area contributed by atoms with Crippen LogP contribution in [0.2, 0.25) is 0 Å². The van der Waals surface area contributed by atoms with Crippen LogP contribution in [0.3, 0.4) is 0 Å². The van der Waals surface area contributed by atoms with Gasteiger partial charge in [-0.25, -0.2) is 0 Å². The van der Waals surface area contributed by atoms with Gasteiger partial charge in [-0.15, -0.1) is 0 Å². The number of aromatic nitrogens is 1. The summed E-state index contributed by atoms with van der Waals surface area (Å²) in [7, 11) is 0. The Balaban J connectivity index is 2.26. The summed E-state index contributed by atoms with van der Waals surface area (Å²) in [5.74, 6) is 0.601. The molecule has 3 nitrogen and oxygen atoms in total. The first-order valence-electron chi connectivity index (χ1n) is 4.40. The van der Waals surface area contributed by atoms with Gasteiger partial charge in [-0.1, -0.05) is 0 Å². The molecule has 1 aliphatic heterocycles. The van der Waals surface area contributed by atoms with Crippen LogP contribution in [0.4, 0.5) is 0 Å². The molecular formula is C10H10BrNO2. The van der Waals surface area contributed by atoms with Crippen LogP contribution in [0, 0.1) is 0 Å². The second-order valence-corrected chi connectivity index (χ2v) is 3.87. The van der Waals surface area contributed by atoms with Gasteiger partial charge >= 0.3 is 0 Å². The summed E-state index contributed by atoms with van der Waals surface area (Å²) < 4.78 is 6.07. The molecule has 0 bridgehead atoms. The molecule has 0 fully saturated rings. The second-order valence-electron chi connectivity index (χ2n) is 3.02. The van der Waals surface area contributed by atoms with Gasteiger partial charge < -0.3 is 9.84 Å². The van der Waals surface area contributed by atoms with Crippen molar-refractivity contribution >= 4 is 15.9 Å². The lowest BCUT2D eigenvalue weighted by molar-refractivity contribution is 0.115. The van der Waals surface area contributed by atoms with E-state index in [1.165, 1.54) is 0 Å². The van der Waals surface area contributed by atoms with E-state index in [9.17, 15) is 5.11 Å². The molecule has 4 heteroatoms. The van der Waals surface area contributed by atoms with Crippen LogP contribution < -0.4 is 0 Å². The minimum atomic E-state index is -0.756. The summed E-state index contributed by atoms with van der Waals surface area (Å²) in [6, 6.07) is 3.66. The SMILES string of the molecule is OC(C1=CCCO1)c1ncccc1Br. The highest BCUT2D eigenvalue weighted by Crippen LogP contribution is 2.29. The van der Waals surface area contributed by atoms with Crippen molar-refractivity contribution in [1.29, 1.82) is 0 Å². The van der Waals surface area contributed by atoms with Gasteiger partial charge in [0.1, 0.15) is 5.76 Å². The van der Waals surface area contributed by atoms with Crippen LogP contribution in [0.15, 0.2) is 34.6 Å². The zero-order valence-corrected chi connectivity index (χ0v) is 9.07. The predicted molar refractivity (Wildman–Crippen MR) is 55.5 cm³/mol. The lowest BCUT2D eigenvalue weighted by Gasteiger charge is -2.12. The molecule has 0 spiro atoms. The predicted octanol–water partition coefficient (Wildman–Crippen LogP) is 2.18. The van der Waals surface area contributed by atoms with E-state index in [-0.39, 0.29) is 0 Å². The Morgan fingerprint density at radius 3 is 3.07 bits per heavy atom. The van der Waals surface area contributed by atoms with E-state index in [4.69, 9.17) is 4.74 Å². The van der Waals surface area contributed by atoms with Crippen molar-refractivity contribution < 1.29 is 9.84 Å². The van der Waals surface area contributed by atoms with Crippen molar-refractivity contribution in [3.63, 3.8) is 0 Å². The number of hydrogen-bond acceptors (Lipinski definition) is 3. The van der Waals surface area contributed by atoms with Crippen LogP contribution in [0.1, 0.15) is 18.2 Å². The molecule has 0 aliphatic carbocycles. The number of ether oxygens (including phenoxy) is 1. The maximum Gasteiger partial charge on any atom is 0.154 e. The third-order valence-corrected chi connectivity index (χ3v) is 2.72. The Hall–Kier alpha value is -0.870. The summed E-state index contributed by atoms with van der Waals surface area (Å²) in [5, 5.41) is 9.92. The molecule has 0 radical (unpaired) electrons. The summed E-state index contributed by atoms with van der Waals surface area (Å²) in [6.45, 7) is 0.650. The fraction of sp³-hybridized carbons (Fsp3) is 0.300. The molecule has 2 rings (SSSR count). The van der Waals surface area contributed by atoms with E-state index in [1.807, 2.05) is 18.2 Å². The van der Waals surface area contributed by atoms with Crippen LogP contribution in [0.5, 0.6) is 0 Å². The topological polar surface area (TPSA) is 42.4 Å². The summed E-state index contributed by atoms with van der Waals surface area (Å²) in [6.07, 6.45) is 3.65. The monoisotopic (exact) mass is 255 g/mol. The van der Waals surface area contributed by atoms with Gasteiger partial charge in [-0.2, -0.15) is 0 Å². The number of pyridine rings is 1. The zero-order chi connectivity index (χ0) is 9.97. The summed E-state index contributed by atoms with van der Waals surface area (Å²) in [5.41, 5.74) is 0.598. The molecule has 0 amide bonds. The maximum absolute atomic E-state index is 9.92. The molecule has 14 heavy (non-hydrogen) atoms. The van der Waals surface area contributed by atoms with Gasteiger partial charge in [0, 0.05) is 17.1 Å². The number of aliphatic hydroxyl groups is 1. The number of halogens is 1. The zero-order valence-electron chi connectivity index (χ0n) is 7.48. The lowest BCUT2D eigenvalue weighted by Crippen LogP contribution is -2.05.